The van der Waals surface area contributed by atoms with Gasteiger partial charge < -0.3 is 15.4 Å². The molecule has 0 spiro atoms. The number of halogens is 2. The molecule has 0 bridgehead atoms. The van der Waals surface area contributed by atoms with Gasteiger partial charge in [0.1, 0.15) is 15.0 Å². The van der Waals surface area contributed by atoms with Gasteiger partial charge in [-0.3, -0.25) is 4.99 Å². The van der Waals surface area contributed by atoms with Gasteiger partial charge >= 0.3 is 5.97 Å². The summed E-state index contributed by atoms with van der Waals surface area (Å²) in [4.78, 5) is 25.2. The molecule has 0 aliphatic rings. The highest BCUT2D eigenvalue weighted by Crippen LogP contribution is 2.24. The van der Waals surface area contributed by atoms with Gasteiger partial charge in [-0.05, 0) is 32.4 Å². The molecular formula is C17H23ClIN5O2S. The summed E-state index contributed by atoms with van der Waals surface area (Å²) in [5, 5.41) is 7.73. The Kier molecular flexibility index (Phi) is 9.95. The molecule has 2 aromatic heterocycles. The highest BCUT2D eigenvalue weighted by Gasteiger charge is 2.20. The third-order valence-corrected chi connectivity index (χ3v) is 5.01. The van der Waals surface area contributed by atoms with Crippen molar-refractivity contribution in [1.82, 2.24) is 20.6 Å². The van der Waals surface area contributed by atoms with Gasteiger partial charge in [-0.25, -0.2) is 14.8 Å². The van der Waals surface area contributed by atoms with Gasteiger partial charge in [0.05, 0.1) is 18.3 Å². The van der Waals surface area contributed by atoms with Crippen molar-refractivity contribution in [3.8, 4) is 0 Å². The highest BCUT2D eigenvalue weighted by atomic mass is 127. The normalized spacial score (nSPS) is 12.1. The Hall–Kier alpha value is -1.46. The summed E-state index contributed by atoms with van der Waals surface area (Å²) < 4.78 is 5.06. The number of hydrogen-bond acceptors (Lipinski definition) is 6. The number of hydrogen-bond donors (Lipinski definition) is 2. The first kappa shape index (κ1) is 23.6. The number of carbonyl (C=O) groups excluding carboxylic acids is 1. The van der Waals surface area contributed by atoms with Gasteiger partial charge in [-0.2, -0.15) is 0 Å². The number of nitrogens with zero attached hydrogens (tertiary/aromatic N) is 3. The fraction of sp³-hybridized carbons (Fsp3) is 0.412. The number of aromatic nitrogens is 2. The predicted molar refractivity (Wildman–Crippen MR) is 119 cm³/mol. The average molecular weight is 524 g/mol. The number of aryl methyl sites for hydroxylation is 1. The summed E-state index contributed by atoms with van der Waals surface area (Å²) in [5.41, 5.74) is 1.66. The van der Waals surface area contributed by atoms with Gasteiger partial charge in [0.15, 0.2) is 5.96 Å². The number of pyridine rings is 1. The first-order valence-electron chi connectivity index (χ1n) is 8.16. The third kappa shape index (κ3) is 6.89. The van der Waals surface area contributed by atoms with Crippen LogP contribution in [0, 0.1) is 6.92 Å². The van der Waals surface area contributed by atoms with E-state index in [0.717, 1.165) is 10.6 Å². The molecule has 0 aliphatic heterocycles. The topological polar surface area (TPSA) is 88.5 Å². The van der Waals surface area contributed by atoms with Gasteiger partial charge in [0, 0.05) is 19.8 Å². The molecule has 0 fully saturated rings. The number of esters is 1. The van der Waals surface area contributed by atoms with Crippen molar-refractivity contribution in [1.29, 1.82) is 0 Å². The van der Waals surface area contributed by atoms with Crippen molar-refractivity contribution >= 4 is 58.8 Å². The molecule has 27 heavy (non-hydrogen) atoms. The van der Waals surface area contributed by atoms with Crippen LogP contribution in [0.3, 0.4) is 0 Å². The predicted octanol–water partition coefficient (Wildman–Crippen LogP) is 3.72. The molecule has 0 aliphatic carbocycles. The molecule has 2 aromatic rings. The fourth-order valence-corrected chi connectivity index (χ4v) is 3.22. The van der Waals surface area contributed by atoms with Crippen molar-refractivity contribution in [2.45, 2.75) is 33.4 Å². The number of aliphatic imine (C=N–C) groups is 1. The van der Waals surface area contributed by atoms with Crippen molar-refractivity contribution in [2.75, 3.05) is 13.7 Å². The monoisotopic (exact) mass is 523 g/mol. The summed E-state index contributed by atoms with van der Waals surface area (Å²) in [7, 11) is 1.69. The Balaban J connectivity index is 0.00000364. The van der Waals surface area contributed by atoms with Crippen molar-refractivity contribution in [3.05, 3.63) is 44.6 Å². The molecule has 0 saturated carbocycles. The molecule has 0 saturated heterocycles. The van der Waals surface area contributed by atoms with E-state index >= 15 is 0 Å². The maximum atomic E-state index is 11.9. The van der Waals surface area contributed by atoms with Crippen LogP contribution in [-0.4, -0.2) is 35.6 Å². The Labute approximate surface area is 185 Å². The molecule has 0 aromatic carbocycles. The van der Waals surface area contributed by atoms with E-state index in [1.54, 1.807) is 33.2 Å². The van der Waals surface area contributed by atoms with Gasteiger partial charge in [-0.15, -0.1) is 35.3 Å². The average Bonchev–Trinajstić information content (AvgIpc) is 3.02. The molecule has 1 unspecified atom stereocenters. The molecule has 0 radical (unpaired) electrons. The minimum absolute atomic E-state index is 0. The van der Waals surface area contributed by atoms with Crippen LogP contribution < -0.4 is 10.6 Å². The number of nitrogens with one attached hydrogen (secondary N) is 2. The zero-order valence-corrected chi connectivity index (χ0v) is 19.5. The number of rotatable bonds is 6. The maximum Gasteiger partial charge on any atom is 0.350 e. The van der Waals surface area contributed by atoms with E-state index in [-0.39, 0.29) is 36.0 Å². The minimum atomic E-state index is -0.335. The van der Waals surface area contributed by atoms with E-state index in [1.807, 2.05) is 13.0 Å². The quantitative estimate of drug-likeness (QED) is 0.197. The number of carbonyl (C=O) groups is 1. The molecule has 2 N–H and O–H groups in total. The maximum absolute atomic E-state index is 11.9. The van der Waals surface area contributed by atoms with Crippen LogP contribution in [-0.2, 0) is 11.3 Å². The van der Waals surface area contributed by atoms with Crippen LogP contribution in [0.25, 0.3) is 0 Å². The Bertz CT molecular complexity index is 782. The van der Waals surface area contributed by atoms with Crippen molar-refractivity contribution < 1.29 is 9.53 Å². The standard InChI is InChI=1S/C17H22ClN5O2S.HI/c1-5-25-16(24)14-10(2)22-15(26-14)11(3)23-17(19-4)21-9-12-6-7-13(18)20-8-12;/h6-8,11H,5,9H2,1-4H3,(H2,19,21,23);1H. The van der Waals surface area contributed by atoms with E-state index < -0.39 is 0 Å². The third-order valence-electron chi connectivity index (χ3n) is 3.47. The Morgan fingerprint density at radius 2 is 2.19 bits per heavy atom. The lowest BCUT2D eigenvalue weighted by atomic mass is 10.3. The van der Waals surface area contributed by atoms with E-state index in [9.17, 15) is 4.79 Å². The second-order valence-corrected chi connectivity index (χ2v) is 6.89. The molecule has 148 valence electrons. The SMILES string of the molecule is CCOC(=O)c1sc(C(C)NC(=NC)NCc2ccc(Cl)nc2)nc1C.I. The van der Waals surface area contributed by atoms with E-state index in [2.05, 4.69) is 25.6 Å². The number of guanidine groups is 1. The highest BCUT2D eigenvalue weighted by molar-refractivity contribution is 14.0. The second kappa shape index (κ2) is 11.4. The summed E-state index contributed by atoms with van der Waals surface area (Å²) in [6.45, 7) is 6.45. The lowest BCUT2D eigenvalue weighted by molar-refractivity contribution is 0.0531. The van der Waals surface area contributed by atoms with Crippen LogP contribution in [0.15, 0.2) is 23.3 Å². The van der Waals surface area contributed by atoms with E-state index in [1.165, 1.54) is 11.3 Å². The minimum Gasteiger partial charge on any atom is -0.462 e. The van der Waals surface area contributed by atoms with Gasteiger partial charge in [-0.1, -0.05) is 17.7 Å². The first-order chi connectivity index (χ1) is 12.4. The zero-order chi connectivity index (χ0) is 19.1. The van der Waals surface area contributed by atoms with Crippen molar-refractivity contribution in [2.24, 2.45) is 4.99 Å². The lowest BCUT2D eigenvalue weighted by Gasteiger charge is -2.16. The summed E-state index contributed by atoms with van der Waals surface area (Å²) in [5.74, 6) is 0.289. The molecule has 0 amide bonds. The summed E-state index contributed by atoms with van der Waals surface area (Å²) >= 11 is 7.12. The van der Waals surface area contributed by atoms with Crippen LogP contribution in [0.5, 0.6) is 0 Å². The summed E-state index contributed by atoms with van der Waals surface area (Å²) in [6.07, 6.45) is 1.71. The first-order valence-corrected chi connectivity index (χ1v) is 9.36. The fourth-order valence-electron chi connectivity index (χ4n) is 2.15. The molecule has 2 rings (SSSR count). The van der Waals surface area contributed by atoms with Gasteiger partial charge in [0.25, 0.3) is 0 Å². The molecule has 2 heterocycles. The van der Waals surface area contributed by atoms with E-state index in [4.69, 9.17) is 16.3 Å². The zero-order valence-electron chi connectivity index (χ0n) is 15.6. The summed E-state index contributed by atoms with van der Waals surface area (Å²) in [6, 6.07) is 3.53. The van der Waals surface area contributed by atoms with Crippen LogP contribution in [0.2, 0.25) is 5.15 Å². The van der Waals surface area contributed by atoms with Crippen LogP contribution >= 0.6 is 46.9 Å². The molecule has 1 atom stereocenters. The lowest BCUT2D eigenvalue weighted by Crippen LogP contribution is -2.38. The van der Waals surface area contributed by atoms with Crippen LogP contribution in [0.1, 0.15) is 45.8 Å². The Morgan fingerprint density at radius 1 is 1.44 bits per heavy atom. The molecular weight excluding hydrogens is 501 g/mol. The molecule has 10 heteroatoms. The second-order valence-electron chi connectivity index (χ2n) is 5.47. The molecule has 7 nitrogen and oxygen atoms in total. The van der Waals surface area contributed by atoms with Crippen molar-refractivity contribution in [3.63, 3.8) is 0 Å². The number of ether oxygens (including phenoxy) is 1. The number of thiazole rings is 1. The van der Waals surface area contributed by atoms with E-state index in [0.29, 0.717) is 34.8 Å². The largest absolute Gasteiger partial charge is 0.462 e. The van der Waals surface area contributed by atoms with Crippen LogP contribution in [0.4, 0.5) is 0 Å². The van der Waals surface area contributed by atoms with Gasteiger partial charge in [0.2, 0.25) is 0 Å². The smallest absolute Gasteiger partial charge is 0.350 e. The Morgan fingerprint density at radius 3 is 2.78 bits per heavy atom.